The summed E-state index contributed by atoms with van der Waals surface area (Å²) in [5.41, 5.74) is 0. The normalized spacial score (nSPS) is 19.1. The van der Waals surface area contributed by atoms with E-state index in [-0.39, 0.29) is 18.1 Å². The molecule has 4 nitrogen and oxygen atoms in total. The Bertz CT molecular complexity index is 423. The predicted molar refractivity (Wildman–Crippen MR) is 119 cm³/mol. The third-order valence-electron chi connectivity index (χ3n) is 5.99. The zero-order chi connectivity index (χ0) is 20.6. The van der Waals surface area contributed by atoms with Gasteiger partial charge in [-0.2, -0.15) is 0 Å². The monoisotopic (exact) mass is 394 g/mol. The largest absolute Gasteiger partial charge is 0.334 e. The summed E-state index contributed by atoms with van der Waals surface area (Å²) in [6.45, 7) is 6.66. The van der Waals surface area contributed by atoms with Crippen LogP contribution in [0.2, 0.25) is 0 Å². The quantitative estimate of drug-likeness (QED) is 0.260. The van der Waals surface area contributed by atoms with Crippen LogP contribution in [0.5, 0.6) is 0 Å². The first kappa shape index (κ1) is 25.0. The van der Waals surface area contributed by atoms with E-state index in [1.54, 1.807) is 0 Å². The van der Waals surface area contributed by atoms with Crippen LogP contribution < -0.4 is 10.6 Å². The molecule has 1 rings (SSSR count). The molecule has 0 aliphatic carbocycles. The number of ketones is 1. The van der Waals surface area contributed by atoms with E-state index in [0.717, 1.165) is 50.9 Å². The molecule has 0 saturated carbocycles. The molecule has 2 unspecified atom stereocenters. The van der Waals surface area contributed by atoms with Crippen LogP contribution in [0.15, 0.2) is 0 Å². The molecule has 1 aliphatic rings. The highest BCUT2D eigenvalue weighted by molar-refractivity contribution is 5.78. The first-order chi connectivity index (χ1) is 13.5. The Kier molecular flexibility index (Phi) is 14.1. The number of hydrogen-bond donors (Lipinski definition) is 2. The van der Waals surface area contributed by atoms with Gasteiger partial charge < -0.3 is 10.6 Å². The molecule has 164 valence electrons. The fraction of sp³-hybridized carbons (Fsp3) is 0.917. The zero-order valence-electron chi connectivity index (χ0n) is 18.9. The topological polar surface area (TPSA) is 58.2 Å². The number of hydrogen-bond acceptors (Lipinski definition) is 2. The minimum atomic E-state index is -0.0469. The van der Waals surface area contributed by atoms with Gasteiger partial charge >= 0.3 is 6.03 Å². The van der Waals surface area contributed by atoms with Crippen molar-refractivity contribution >= 4 is 11.8 Å². The molecule has 2 amide bonds. The van der Waals surface area contributed by atoms with E-state index in [1.165, 1.54) is 57.8 Å². The molecular weight excluding hydrogens is 348 g/mol. The molecule has 28 heavy (non-hydrogen) atoms. The third kappa shape index (κ3) is 13.2. The van der Waals surface area contributed by atoms with Crippen LogP contribution in [0, 0.1) is 5.92 Å². The summed E-state index contributed by atoms with van der Waals surface area (Å²) in [5.74, 6) is 1.29. The van der Waals surface area contributed by atoms with E-state index in [0.29, 0.717) is 5.78 Å². The standard InChI is InChI=1S/C24H46N2O2/c1-20(2)16-12-9-7-5-4-6-8-10-13-17-22(27)18-14-11-15-19-23-21(3)25-24(28)26-23/h20-21,23H,4-19H2,1-3H3,(H2,25,26,28). The molecular formula is C24H46N2O2. The van der Waals surface area contributed by atoms with Gasteiger partial charge in [-0.05, 0) is 32.1 Å². The van der Waals surface area contributed by atoms with Crippen molar-refractivity contribution in [2.75, 3.05) is 0 Å². The second kappa shape index (κ2) is 15.8. The molecule has 0 aromatic rings. The van der Waals surface area contributed by atoms with Crippen molar-refractivity contribution in [3.05, 3.63) is 0 Å². The summed E-state index contributed by atoms with van der Waals surface area (Å²) in [7, 11) is 0. The van der Waals surface area contributed by atoms with Crippen molar-refractivity contribution in [2.24, 2.45) is 5.92 Å². The summed E-state index contributed by atoms with van der Waals surface area (Å²) in [4.78, 5) is 23.2. The van der Waals surface area contributed by atoms with E-state index in [4.69, 9.17) is 0 Å². The van der Waals surface area contributed by atoms with Crippen molar-refractivity contribution in [1.82, 2.24) is 10.6 Å². The Labute approximate surface area is 174 Å². The zero-order valence-corrected chi connectivity index (χ0v) is 18.9. The van der Waals surface area contributed by atoms with Crippen molar-refractivity contribution in [2.45, 2.75) is 136 Å². The lowest BCUT2D eigenvalue weighted by atomic mass is 10.0. The average Bonchev–Trinajstić information content (AvgIpc) is 2.96. The molecule has 1 heterocycles. The van der Waals surface area contributed by atoms with Gasteiger partial charge in [-0.15, -0.1) is 0 Å². The maximum Gasteiger partial charge on any atom is 0.315 e. The molecule has 4 heteroatoms. The van der Waals surface area contributed by atoms with E-state index in [9.17, 15) is 9.59 Å². The van der Waals surface area contributed by atoms with Gasteiger partial charge in [-0.25, -0.2) is 4.79 Å². The number of rotatable bonds is 18. The van der Waals surface area contributed by atoms with Gasteiger partial charge in [-0.3, -0.25) is 4.79 Å². The lowest BCUT2D eigenvalue weighted by Gasteiger charge is -2.13. The SMILES string of the molecule is CC(C)CCCCCCCCCCCC(=O)CCCCCC1NC(=O)NC1C. The van der Waals surface area contributed by atoms with Gasteiger partial charge in [0.1, 0.15) is 5.78 Å². The number of unbranched alkanes of at least 4 members (excludes halogenated alkanes) is 10. The molecule has 2 N–H and O–H groups in total. The lowest BCUT2D eigenvalue weighted by molar-refractivity contribution is -0.119. The van der Waals surface area contributed by atoms with Gasteiger partial charge in [-0.1, -0.05) is 84.5 Å². The molecule has 0 aromatic heterocycles. The third-order valence-corrected chi connectivity index (χ3v) is 5.99. The highest BCUT2D eigenvalue weighted by atomic mass is 16.2. The Morgan fingerprint density at radius 3 is 1.79 bits per heavy atom. The van der Waals surface area contributed by atoms with E-state index < -0.39 is 0 Å². The van der Waals surface area contributed by atoms with Crippen molar-refractivity contribution in [3.63, 3.8) is 0 Å². The summed E-state index contributed by atoms with van der Waals surface area (Å²) in [5, 5.41) is 5.83. The molecule has 2 atom stereocenters. The van der Waals surface area contributed by atoms with Crippen LogP contribution in [0.4, 0.5) is 4.79 Å². The van der Waals surface area contributed by atoms with E-state index in [1.807, 2.05) is 6.92 Å². The summed E-state index contributed by atoms with van der Waals surface area (Å²) < 4.78 is 0. The van der Waals surface area contributed by atoms with Crippen LogP contribution in [-0.2, 0) is 4.79 Å². The predicted octanol–water partition coefficient (Wildman–Crippen LogP) is 6.52. The van der Waals surface area contributed by atoms with Gasteiger partial charge in [0, 0.05) is 18.9 Å². The highest BCUT2D eigenvalue weighted by Crippen LogP contribution is 2.15. The van der Waals surface area contributed by atoms with Crippen LogP contribution in [0.3, 0.4) is 0 Å². The van der Waals surface area contributed by atoms with Gasteiger partial charge in [0.25, 0.3) is 0 Å². The minimum Gasteiger partial charge on any atom is -0.334 e. The Balaban J connectivity index is 1.80. The minimum absolute atomic E-state index is 0.0469. The first-order valence-corrected chi connectivity index (χ1v) is 12.1. The van der Waals surface area contributed by atoms with E-state index in [2.05, 4.69) is 24.5 Å². The number of Topliss-reactive ketones (excluding diaryl/α,β-unsaturated/α-hetero) is 1. The Morgan fingerprint density at radius 1 is 0.786 bits per heavy atom. The second-order valence-corrected chi connectivity index (χ2v) is 9.27. The number of urea groups is 1. The second-order valence-electron chi connectivity index (χ2n) is 9.27. The van der Waals surface area contributed by atoms with Crippen molar-refractivity contribution in [1.29, 1.82) is 0 Å². The van der Waals surface area contributed by atoms with Crippen LogP contribution >= 0.6 is 0 Å². The molecule has 1 aliphatic heterocycles. The van der Waals surface area contributed by atoms with Gasteiger partial charge in [0.05, 0.1) is 6.04 Å². The number of amides is 2. The average molecular weight is 395 g/mol. The Morgan fingerprint density at radius 2 is 1.29 bits per heavy atom. The molecule has 0 radical (unpaired) electrons. The maximum atomic E-state index is 12.0. The maximum absolute atomic E-state index is 12.0. The number of carbonyl (C=O) groups excluding carboxylic acids is 2. The number of carbonyl (C=O) groups is 2. The van der Waals surface area contributed by atoms with Gasteiger partial charge in [0.15, 0.2) is 0 Å². The molecule has 0 bridgehead atoms. The Hall–Kier alpha value is -1.06. The molecule has 0 aromatic carbocycles. The fourth-order valence-corrected chi connectivity index (χ4v) is 4.06. The van der Waals surface area contributed by atoms with Crippen LogP contribution in [-0.4, -0.2) is 23.9 Å². The van der Waals surface area contributed by atoms with Crippen molar-refractivity contribution in [3.8, 4) is 0 Å². The summed E-state index contributed by atoms with van der Waals surface area (Å²) >= 11 is 0. The van der Waals surface area contributed by atoms with E-state index >= 15 is 0 Å². The number of nitrogens with one attached hydrogen (secondary N) is 2. The highest BCUT2D eigenvalue weighted by Gasteiger charge is 2.26. The van der Waals surface area contributed by atoms with Gasteiger partial charge in [0.2, 0.25) is 0 Å². The summed E-state index contributed by atoms with van der Waals surface area (Å²) in [6, 6.07) is 0.427. The molecule has 0 spiro atoms. The first-order valence-electron chi connectivity index (χ1n) is 12.1. The lowest BCUT2D eigenvalue weighted by Crippen LogP contribution is -2.30. The molecule has 1 fully saturated rings. The van der Waals surface area contributed by atoms with Crippen molar-refractivity contribution < 1.29 is 9.59 Å². The molecule has 1 saturated heterocycles. The smallest absolute Gasteiger partial charge is 0.315 e. The fourth-order valence-electron chi connectivity index (χ4n) is 4.06. The van der Waals surface area contributed by atoms with Crippen LogP contribution in [0.1, 0.15) is 124 Å². The summed E-state index contributed by atoms with van der Waals surface area (Å²) in [6.07, 6.45) is 18.9. The van der Waals surface area contributed by atoms with Crippen LogP contribution in [0.25, 0.3) is 0 Å².